The first-order chi connectivity index (χ1) is 9.66. The molecule has 0 amide bonds. The second-order valence-corrected chi connectivity index (χ2v) is 7.46. The Bertz CT molecular complexity index is 748. The molecule has 114 valence electrons. The number of halogens is 1. The highest BCUT2D eigenvalue weighted by Gasteiger charge is 2.42. The second-order valence-electron chi connectivity index (χ2n) is 5.55. The average Bonchev–Trinajstić information content (AvgIpc) is 3.12. The van der Waals surface area contributed by atoms with Gasteiger partial charge in [-0.25, -0.2) is 13.4 Å². The van der Waals surface area contributed by atoms with Gasteiger partial charge in [0.1, 0.15) is 10.5 Å². The van der Waals surface area contributed by atoms with Gasteiger partial charge in [-0.3, -0.25) is 0 Å². The van der Waals surface area contributed by atoms with Crippen molar-refractivity contribution in [1.82, 2.24) is 19.6 Å². The van der Waals surface area contributed by atoms with Gasteiger partial charge in [-0.2, -0.15) is 4.31 Å². The van der Waals surface area contributed by atoms with Crippen molar-refractivity contribution in [2.24, 2.45) is 11.8 Å². The van der Waals surface area contributed by atoms with E-state index in [0.717, 1.165) is 13.1 Å². The molecule has 2 aliphatic rings. The van der Waals surface area contributed by atoms with E-state index in [4.69, 9.17) is 0 Å². The van der Waals surface area contributed by atoms with Crippen molar-refractivity contribution in [3.05, 3.63) is 24.5 Å². The van der Waals surface area contributed by atoms with Crippen molar-refractivity contribution >= 4 is 33.5 Å². The van der Waals surface area contributed by atoms with Crippen LogP contribution < -0.4 is 5.32 Å². The monoisotopic (exact) mass is 328 g/mol. The highest BCUT2D eigenvalue weighted by Crippen LogP contribution is 2.32. The van der Waals surface area contributed by atoms with Gasteiger partial charge in [-0.15, -0.1) is 12.4 Å². The van der Waals surface area contributed by atoms with Gasteiger partial charge in [0.2, 0.25) is 10.0 Å². The van der Waals surface area contributed by atoms with Gasteiger partial charge in [0.05, 0.1) is 0 Å². The summed E-state index contributed by atoms with van der Waals surface area (Å²) in [6.45, 7) is 3.08. The first-order valence-electron chi connectivity index (χ1n) is 6.79. The molecule has 0 unspecified atom stereocenters. The summed E-state index contributed by atoms with van der Waals surface area (Å²) < 4.78 is 27.2. The fourth-order valence-electron chi connectivity index (χ4n) is 3.29. The zero-order chi connectivity index (χ0) is 13.7. The van der Waals surface area contributed by atoms with E-state index in [-0.39, 0.29) is 12.4 Å². The molecule has 2 saturated heterocycles. The molecule has 0 aromatic carbocycles. The minimum atomic E-state index is -3.43. The van der Waals surface area contributed by atoms with Gasteiger partial charge < -0.3 is 10.3 Å². The van der Waals surface area contributed by atoms with Crippen LogP contribution in [0.25, 0.3) is 11.0 Å². The fourth-order valence-corrected chi connectivity index (χ4v) is 5.00. The largest absolute Gasteiger partial charge is 0.345 e. The van der Waals surface area contributed by atoms with Crippen molar-refractivity contribution < 1.29 is 8.42 Å². The number of pyridine rings is 1. The number of fused-ring (bicyclic) bond motifs is 2. The summed E-state index contributed by atoms with van der Waals surface area (Å²) in [5, 5.41) is 3.99. The summed E-state index contributed by atoms with van der Waals surface area (Å²) in [6, 6.07) is 3.56. The SMILES string of the molecule is Cl.O=S(=O)(c1c[nH]c2ncccc12)N1C[C@H]2CNC[C@H]2C1. The highest BCUT2D eigenvalue weighted by atomic mass is 35.5. The van der Waals surface area contributed by atoms with Gasteiger partial charge in [0, 0.05) is 30.9 Å². The van der Waals surface area contributed by atoms with Crippen molar-refractivity contribution in [2.75, 3.05) is 26.2 Å². The Morgan fingerprint density at radius 3 is 2.67 bits per heavy atom. The van der Waals surface area contributed by atoms with Crippen molar-refractivity contribution in [3.8, 4) is 0 Å². The summed E-state index contributed by atoms with van der Waals surface area (Å²) in [7, 11) is -3.43. The highest BCUT2D eigenvalue weighted by molar-refractivity contribution is 7.89. The molecule has 8 heteroatoms. The number of aromatic nitrogens is 2. The van der Waals surface area contributed by atoms with Crippen LogP contribution in [-0.2, 0) is 10.0 Å². The number of rotatable bonds is 2. The van der Waals surface area contributed by atoms with Crippen molar-refractivity contribution in [2.45, 2.75) is 4.90 Å². The molecule has 21 heavy (non-hydrogen) atoms. The van der Waals surface area contributed by atoms with E-state index in [0.29, 0.717) is 40.9 Å². The average molecular weight is 329 g/mol. The molecular formula is C13H17ClN4O2S. The lowest BCUT2D eigenvalue weighted by Crippen LogP contribution is -2.31. The third-order valence-electron chi connectivity index (χ3n) is 4.39. The van der Waals surface area contributed by atoms with Crippen LogP contribution in [0.3, 0.4) is 0 Å². The lowest BCUT2D eigenvalue weighted by atomic mass is 10.0. The fraction of sp³-hybridized carbons (Fsp3) is 0.462. The zero-order valence-corrected chi connectivity index (χ0v) is 13.0. The molecule has 0 radical (unpaired) electrons. The van der Waals surface area contributed by atoms with Crippen LogP contribution in [0.1, 0.15) is 0 Å². The van der Waals surface area contributed by atoms with E-state index < -0.39 is 10.0 Å². The summed E-state index contributed by atoms with van der Waals surface area (Å²) in [4.78, 5) is 7.43. The van der Waals surface area contributed by atoms with Gasteiger partial charge in [0.15, 0.2) is 0 Å². The van der Waals surface area contributed by atoms with Gasteiger partial charge in [-0.05, 0) is 37.1 Å². The maximum Gasteiger partial charge on any atom is 0.245 e. The molecule has 0 bridgehead atoms. The molecule has 4 heterocycles. The third kappa shape index (κ3) is 2.24. The third-order valence-corrected chi connectivity index (χ3v) is 6.26. The molecule has 0 aliphatic carbocycles. The Hall–Kier alpha value is -1.15. The Balaban J connectivity index is 0.00000132. The van der Waals surface area contributed by atoms with E-state index >= 15 is 0 Å². The van der Waals surface area contributed by atoms with Crippen LogP contribution >= 0.6 is 12.4 Å². The number of nitrogens with one attached hydrogen (secondary N) is 2. The van der Waals surface area contributed by atoms with E-state index in [1.165, 1.54) is 0 Å². The normalized spacial score (nSPS) is 25.9. The number of aromatic amines is 1. The summed E-state index contributed by atoms with van der Waals surface area (Å²) in [5.41, 5.74) is 0.618. The second kappa shape index (κ2) is 5.24. The smallest absolute Gasteiger partial charge is 0.245 e. The van der Waals surface area contributed by atoms with E-state index in [1.807, 2.05) is 0 Å². The minimum absolute atomic E-state index is 0. The van der Waals surface area contributed by atoms with Crippen molar-refractivity contribution in [3.63, 3.8) is 0 Å². The van der Waals surface area contributed by atoms with E-state index in [1.54, 1.807) is 28.8 Å². The molecule has 2 aliphatic heterocycles. The molecule has 0 saturated carbocycles. The first-order valence-corrected chi connectivity index (χ1v) is 8.23. The summed E-state index contributed by atoms with van der Waals surface area (Å²) in [6.07, 6.45) is 3.21. The maximum atomic E-state index is 12.8. The number of hydrogen-bond acceptors (Lipinski definition) is 4. The number of sulfonamides is 1. The number of hydrogen-bond donors (Lipinski definition) is 2. The Morgan fingerprint density at radius 2 is 1.95 bits per heavy atom. The van der Waals surface area contributed by atoms with Crippen molar-refractivity contribution in [1.29, 1.82) is 0 Å². The van der Waals surface area contributed by atoms with Gasteiger partial charge in [-0.1, -0.05) is 0 Å². The molecule has 2 atom stereocenters. The lowest BCUT2D eigenvalue weighted by Gasteiger charge is -2.16. The van der Waals surface area contributed by atoms with Gasteiger partial charge in [0.25, 0.3) is 0 Å². The van der Waals surface area contributed by atoms with E-state index in [2.05, 4.69) is 15.3 Å². The maximum absolute atomic E-state index is 12.8. The Kier molecular flexibility index (Phi) is 3.69. The quantitative estimate of drug-likeness (QED) is 0.855. The molecule has 4 rings (SSSR count). The molecule has 6 nitrogen and oxygen atoms in total. The minimum Gasteiger partial charge on any atom is -0.345 e. The van der Waals surface area contributed by atoms with Crippen LogP contribution in [0.15, 0.2) is 29.4 Å². The van der Waals surface area contributed by atoms with Crippen LogP contribution in [0, 0.1) is 11.8 Å². The van der Waals surface area contributed by atoms with Gasteiger partial charge >= 0.3 is 0 Å². The summed E-state index contributed by atoms with van der Waals surface area (Å²) in [5.74, 6) is 0.904. The van der Waals surface area contributed by atoms with Crippen LogP contribution in [-0.4, -0.2) is 48.9 Å². The van der Waals surface area contributed by atoms with E-state index in [9.17, 15) is 8.42 Å². The Morgan fingerprint density at radius 1 is 1.24 bits per heavy atom. The van der Waals surface area contributed by atoms with Crippen LogP contribution in [0.2, 0.25) is 0 Å². The lowest BCUT2D eigenvalue weighted by molar-refractivity contribution is 0.448. The van der Waals surface area contributed by atoms with Crippen LogP contribution in [0.5, 0.6) is 0 Å². The molecule has 2 fully saturated rings. The summed E-state index contributed by atoms with van der Waals surface area (Å²) >= 11 is 0. The molecule has 0 spiro atoms. The molecule has 2 N–H and O–H groups in total. The number of nitrogens with zero attached hydrogens (tertiary/aromatic N) is 2. The van der Waals surface area contributed by atoms with Crippen LogP contribution in [0.4, 0.5) is 0 Å². The predicted molar refractivity (Wildman–Crippen MR) is 82.0 cm³/mol. The molecule has 2 aromatic heterocycles. The molecule has 2 aromatic rings. The number of H-pyrrole nitrogens is 1. The first kappa shape index (κ1) is 14.8. The predicted octanol–water partition coefficient (Wildman–Crippen LogP) is 0.825. The Labute approximate surface area is 129 Å². The topological polar surface area (TPSA) is 78.1 Å². The molecular weight excluding hydrogens is 312 g/mol. The zero-order valence-electron chi connectivity index (χ0n) is 11.3. The standard InChI is InChI=1S/C13H16N4O2S.ClH/c18-20(19,17-7-9-4-14-5-10(9)8-17)12-6-16-13-11(12)2-1-3-15-13;/h1-3,6,9-10,14H,4-5,7-8H2,(H,15,16);1H/t9-,10+;.